The Bertz CT molecular complexity index is 558. The van der Waals surface area contributed by atoms with Gasteiger partial charge in [-0.25, -0.2) is 4.98 Å². The zero-order valence-electron chi connectivity index (χ0n) is 12.5. The van der Waals surface area contributed by atoms with Gasteiger partial charge in [-0.1, -0.05) is 30.3 Å². The summed E-state index contributed by atoms with van der Waals surface area (Å²) in [5, 5.41) is 6.90. The van der Waals surface area contributed by atoms with Gasteiger partial charge in [0.05, 0.1) is 12.2 Å². The number of nitrogens with zero attached hydrogens (tertiary/aromatic N) is 2. The monoisotopic (exact) mass is 323 g/mol. The molecule has 1 aliphatic rings. The summed E-state index contributed by atoms with van der Waals surface area (Å²) in [6.45, 7) is 7.66. The molecular weight excluding hydrogens is 302 g/mol. The number of halogens is 1. The Balaban J connectivity index is 0.00000161. The normalized spacial score (nSPS) is 22.8. The van der Waals surface area contributed by atoms with Gasteiger partial charge in [0.2, 0.25) is 0 Å². The van der Waals surface area contributed by atoms with Crippen molar-refractivity contribution >= 4 is 23.7 Å². The number of aromatic nitrogens is 1. The summed E-state index contributed by atoms with van der Waals surface area (Å²) in [6, 6.07) is 11.6. The number of piperazine rings is 1. The average molecular weight is 324 g/mol. The Morgan fingerprint density at radius 2 is 2.05 bits per heavy atom. The van der Waals surface area contributed by atoms with E-state index in [-0.39, 0.29) is 12.4 Å². The Labute approximate surface area is 136 Å². The lowest BCUT2D eigenvalue weighted by Gasteiger charge is -2.36. The minimum Gasteiger partial charge on any atom is -0.311 e. The first-order valence-electron chi connectivity index (χ1n) is 7.19. The van der Waals surface area contributed by atoms with Gasteiger partial charge in [-0.15, -0.1) is 23.7 Å². The lowest BCUT2D eigenvalue weighted by atomic mass is 10.1. The molecule has 0 radical (unpaired) electrons. The van der Waals surface area contributed by atoms with Crippen LogP contribution in [0.2, 0.25) is 0 Å². The van der Waals surface area contributed by atoms with E-state index in [0.29, 0.717) is 12.1 Å². The van der Waals surface area contributed by atoms with Crippen LogP contribution in [0.4, 0.5) is 0 Å². The highest BCUT2D eigenvalue weighted by Crippen LogP contribution is 2.23. The van der Waals surface area contributed by atoms with Gasteiger partial charge in [-0.05, 0) is 13.8 Å². The number of rotatable bonds is 3. The first kappa shape index (κ1) is 16.4. The van der Waals surface area contributed by atoms with Gasteiger partial charge in [0.1, 0.15) is 5.01 Å². The van der Waals surface area contributed by atoms with E-state index >= 15 is 0 Å². The molecule has 1 aliphatic heterocycles. The quantitative estimate of drug-likeness (QED) is 0.938. The number of benzene rings is 1. The minimum atomic E-state index is 0. The Kier molecular flexibility index (Phi) is 5.76. The van der Waals surface area contributed by atoms with Crippen molar-refractivity contribution in [2.75, 3.05) is 13.1 Å². The van der Waals surface area contributed by atoms with Crippen LogP contribution in [0.3, 0.4) is 0 Å². The van der Waals surface area contributed by atoms with E-state index in [1.807, 2.05) is 6.07 Å². The molecule has 1 fully saturated rings. The van der Waals surface area contributed by atoms with Crippen LogP contribution in [0.1, 0.15) is 18.9 Å². The van der Waals surface area contributed by atoms with Crippen LogP contribution >= 0.6 is 23.7 Å². The Morgan fingerprint density at radius 1 is 1.29 bits per heavy atom. The largest absolute Gasteiger partial charge is 0.311 e. The smallest absolute Gasteiger partial charge is 0.107 e. The van der Waals surface area contributed by atoms with Crippen LogP contribution in [0.15, 0.2) is 35.7 Å². The van der Waals surface area contributed by atoms with Gasteiger partial charge in [0, 0.05) is 36.1 Å². The summed E-state index contributed by atoms with van der Waals surface area (Å²) in [5.74, 6) is 0. The molecule has 0 bridgehead atoms. The molecule has 1 N–H and O–H groups in total. The zero-order valence-corrected chi connectivity index (χ0v) is 14.1. The van der Waals surface area contributed by atoms with Crippen LogP contribution in [0.25, 0.3) is 11.3 Å². The summed E-state index contributed by atoms with van der Waals surface area (Å²) in [6.07, 6.45) is 0. The summed E-state index contributed by atoms with van der Waals surface area (Å²) in [5.41, 5.74) is 2.30. The number of nitrogens with one attached hydrogen (secondary N) is 1. The van der Waals surface area contributed by atoms with Crippen molar-refractivity contribution in [2.24, 2.45) is 0 Å². The van der Waals surface area contributed by atoms with Crippen LogP contribution in [-0.2, 0) is 6.54 Å². The molecule has 21 heavy (non-hydrogen) atoms. The Morgan fingerprint density at radius 3 is 2.81 bits per heavy atom. The third-order valence-electron chi connectivity index (χ3n) is 3.85. The number of thiazole rings is 1. The maximum absolute atomic E-state index is 4.79. The summed E-state index contributed by atoms with van der Waals surface area (Å²) in [7, 11) is 0. The number of hydrogen-bond donors (Lipinski definition) is 1. The number of hydrogen-bond acceptors (Lipinski definition) is 4. The topological polar surface area (TPSA) is 28.2 Å². The van der Waals surface area contributed by atoms with Gasteiger partial charge in [-0.2, -0.15) is 0 Å². The van der Waals surface area contributed by atoms with Crippen LogP contribution in [0, 0.1) is 0 Å². The second kappa shape index (κ2) is 7.36. The third kappa shape index (κ3) is 4.04. The molecule has 1 aromatic carbocycles. The lowest BCUT2D eigenvalue weighted by molar-refractivity contribution is 0.139. The molecule has 0 aliphatic carbocycles. The minimum absolute atomic E-state index is 0. The molecule has 0 amide bonds. The first-order valence-corrected chi connectivity index (χ1v) is 8.07. The average Bonchev–Trinajstić information content (AvgIpc) is 2.92. The van der Waals surface area contributed by atoms with E-state index in [0.717, 1.165) is 25.3 Å². The van der Waals surface area contributed by atoms with Crippen LogP contribution in [-0.4, -0.2) is 35.1 Å². The molecule has 2 aromatic rings. The van der Waals surface area contributed by atoms with Crippen molar-refractivity contribution in [2.45, 2.75) is 32.5 Å². The molecule has 2 heterocycles. The summed E-state index contributed by atoms with van der Waals surface area (Å²) >= 11 is 1.77. The molecule has 3 rings (SSSR count). The van der Waals surface area contributed by atoms with Gasteiger partial charge in [0.15, 0.2) is 0 Å². The van der Waals surface area contributed by atoms with E-state index < -0.39 is 0 Å². The van der Waals surface area contributed by atoms with E-state index in [1.165, 1.54) is 10.6 Å². The lowest BCUT2D eigenvalue weighted by Crippen LogP contribution is -2.53. The molecule has 0 saturated carbocycles. The molecule has 0 spiro atoms. The third-order valence-corrected chi connectivity index (χ3v) is 4.69. The predicted octanol–water partition coefficient (Wildman–Crippen LogP) is 3.41. The summed E-state index contributed by atoms with van der Waals surface area (Å²) < 4.78 is 0. The second-order valence-electron chi connectivity index (χ2n) is 5.58. The van der Waals surface area contributed by atoms with Crippen molar-refractivity contribution in [3.63, 3.8) is 0 Å². The summed E-state index contributed by atoms with van der Waals surface area (Å²) in [4.78, 5) is 7.31. The molecule has 2 atom stereocenters. The fourth-order valence-electron chi connectivity index (χ4n) is 2.62. The molecule has 5 heteroatoms. The van der Waals surface area contributed by atoms with E-state index in [2.05, 4.69) is 53.7 Å². The predicted molar refractivity (Wildman–Crippen MR) is 92.1 cm³/mol. The van der Waals surface area contributed by atoms with Gasteiger partial charge >= 0.3 is 0 Å². The SMILES string of the molecule is CC1CN(Cc2nc(-c3ccccc3)cs2)C(C)CN1.Cl. The second-order valence-corrected chi connectivity index (χ2v) is 6.52. The van der Waals surface area contributed by atoms with E-state index in [1.54, 1.807) is 11.3 Å². The molecular formula is C16H22ClN3S. The molecule has 3 nitrogen and oxygen atoms in total. The molecule has 1 aromatic heterocycles. The zero-order chi connectivity index (χ0) is 13.9. The van der Waals surface area contributed by atoms with Gasteiger partial charge in [-0.3, -0.25) is 4.90 Å². The van der Waals surface area contributed by atoms with Crippen LogP contribution in [0.5, 0.6) is 0 Å². The van der Waals surface area contributed by atoms with E-state index in [4.69, 9.17) is 4.98 Å². The fourth-order valence-corrected chi connectivity index (χ4v) is 3.44. The maximum atomic E-state index is 4.79. The van der Waals surface area contributed by atoms with Crippen molar-refractivity contribution in [1.82, 2.24) is 15.2 Å². The first-order chi connectivity index (χ1) is 9.72. The fraction of sp³-hybridized carbons (Fsp3) is 0.438. The highest BCUT2D eigenvalue weighted by molar-refractivity contribution is 7.09. The van der Waals surface area contributed by atoms with Crippen molar-refractivity contribution < 1.29 is 0 Å². The van der Waals surface area contributed by atoms with Gasteiger partial charge < -0.3 is 5.32 Å². The molecule has 1 saturated heterocycles. The standard InChI is InChI=1S/C16H21N3S.ClH/c1-12-9-19(13(2)8-17-12)10-16-18-15(11-20-16)14-6-4-3-5-7-14;/h3-7,11-13,17H,8-10H2,1-2H3;1H. The van der Waals surface area contributed by atoms with Crippen molar-refractivity contribution in [3.8, 4) is 11.3 Å². The highest BCUT2D eigenvalue weighted by Gasteiger charge is 2.23. The Hall–Kier alpha value is -0.940. The van der Waals surface area contributed by atoms with Crippen LogP contribution < -0.4 is 5.32 Å². The van der Waals surface area contributed by atoms with Gasteiger partial charge in [0.25, 0.3) is 0 Å². The molecule has 2 unspecified atom stereocenters. The maximum Gasteiger partial charge on any atom is 0.107 e. The highest BCUT2D eigenvalue weighted by atomic mass is 35.5. The van der Waals surface area contributed by atoms with Crippen molar-refractivity contribution in [3.05, 3.63) is 40.7 Å². The molecule has 114 valence electrons. The van der Waals surface area contributed by atoms with E-state index in [9.17, 15) is 0 Å². The van der Waals surface area contributed by atoms with Crippen molar-refractivity contribution in [1.29, 1.82) is 0 Å².